The Kier molecular flexibility index (Phi) is 7.70. The van der Waals surface area contributed by atoms with E-state index in [1.807, 2.05) is 0 Å². The van der Waals surface area contributed by atoms with Gasteiger partial charge < -0.3 is 0 Å². The standard InChI is InChI=1S/C70H40/c1-3-12-41(13-4-1)60-40-61(50-38-39-57-53-23-10-21-42-20-9-22-52(64(42)53)54-25-11-24-51(50)68(54)57)67(43-14-5-2-6-15-43)70(59-37-33-49-29-27-45-17-8-19-47-31-35-56(59)66(49)63(45)47)69(60)58-36-32-48-28-26-44-16-7-18-46-30-34-55(58)65(48)62(44)46/h1-40H. The van der Waals surface area contributed by atoms with E-state index >= 15 is 0 Å². The van der Waals surface area contributed by atoms with Crippen LogP contribution in [0.25, 0.3) is 163 Å². The number of rotatable bonds is 5. The van der Waals surface area contributed by atoms with Crippen LogP contribution in [0, 0.1) is 0 Å². The van der Waals surface area contributed by atoms with E-state index in [0.29, 0.717) is 0 Å². The molecule has 0 aliphatic carbocycles. The van der Waals surface area contributed by atoms with Gasteiger partial charge in [-0.05, 0) is 169 Å². The lowest BCUT2D eigenvalue weighted by atomic mass is 9.75. The van der Waals surface area contributed by atoms with Crippen LogP contribution >= 0.6 is 0 Å². The average molecular weight is 881 g/mol. The average Bonchev–Trinajstić information content (AvgIpc) is 3.43. The summed E-state index contributed by atoms with van der Waals surface area (Å²) in [6.07, 6.45) is 0. The third-order valence-electron chi connectivity index (χ3n) is 15.9. The van der Waals surface area contributed by atoms with Crippen molar-refractivity contribution in [3.05, 3.63) is 243 Å². The molecule has 0 aromatic heterocycles. The van der Waals surface area contributed by atoms with Crippen LogP contribution in [0.2, 0.25) is 0 Å². The lowest BCUT2D eigenvalue weighted by molar-refractivity contribution is 1.56. The summed E-state index contributed by atoms with van der Waals surface area (Å²) >= 11 is 0. The number of benzene rings is 16. The zero-order valence-electron chi connectivity index (χ0n) is 38.1. The maximum atomic E-state index is 2.55. The molecule has 0 unspecified atom stereocenters. The van der Waals surface area contributed by atoms with Crippen LogP contribution in [0.4, 0.5) is 0 Å². The quantitative estimate of drug-likeness (QED) is 0.119. The molecule has 16 rings (SSSR count). The van der Waals surface area contributed by atoms with Gasteiger partial charge in [-0.3, -0.25) is 0 Å². The van der Waals surface area contributed by atoms with Gasteiger partial charge in [-0.1, -0.05) is 237 Å². The molecule has 70 heavy (non-hydrogen) atoms. The van der Waals surface area contributed by atoms with E-state index in [9.17, 15) is 0 Å². The molecular weight excluding hydrogens is 841 g/mol. The fourth-order valence-corrected chi connectivity index (χ4v) is 13.0. The van der Waals surface area contributed by atoms with Gasteiger partial charge in [0.25, 0.3) is 0 Å². The van der Waals surface area contributed by atoms with Crippen molar-refractivity contribution in [2.75, 3.05) is 0 Å². The minimum Gasteiger partial charge on any atom is -0.0622 e. The summed E-state index contributed by atoms with van der Waals surface area (Å²) in [5.74, 6) is 0. The van der Waals surface area contributed by atoms with Gasteiger partial charge in [0.15, 0.2) is 0 Å². The minimum absolute atomic E-state index is 1.19. The van der Waals surface area contributed by atoms with Gasteiger partial charge in [0, 0.05) is 0 Å². The summed E-state index contributed by atoms with van der Waals surface area (Å²) in [5.41, 5.74) is 12.2. The molecular formula is C70H40. The second kappa shape index (κ2) is 14.2. The SMILES string of the molecule is c1ccc(-c2cc(-c3ccc4c5cccc6cccc(c7cccc3c74)c65)c(-c3ccccc3)c(-c3ccc4ccc5cccc6ccc3c4c56)c2-c2ccc3ccc4cccc5ccc2c3c45)cc1. The highest BCUT2D eigenvalue weighted by Crippen LogP contribution is 2.56. The number of hydrogen-bond donors (Lipinski definition) is 0. The molecule has 0 heterocycles. The normalized spacial score (nSPS) is 12.3. The molecule has 0 fully saturated rings. The highest BCUT2D eigenvalue weighted by molar-refractivity contribution is 6.35. The van der Waals surface area contributed by atoms with Crippen LogP contribution in [0.1, 0.15) is 0 Å². The van der Waals surface area contributed by atoms with Gasteiger partial charge in [-0.15, -0.1) is 0 Å². The summed E-state index contributed by atoms with van der Waals surface area (Å²) in [4.78, 5) is 0. The van der Waals surface area contributed by atoms with E-state index in [0.717, 1.165) is 0 Å². The topological polar surface area (TPSA) is 0 Å². The largest absolute Gasteiger partial charge is 0.0622 e. The fourth-order valence-electron chi connectivity index (χ4n) is 13.0. The molecule has 0 radical (unpaired) electrons. The number of fused-ring (bicyclic) bond motifs is 2. The van der Waals surface area contributed by atoms with Crippen molar-refractivity contribution in [2.24, 2.45) is 0 Å². The van der Waals surface area contributed by atoms with Crippen molar-refractivity contribution in [3.63, 3.8) is 0 Å². The van der Waals surface area contributed by atoms with Gasteiger partial charge >= 0.3 is 0 Å². The summed E-state index contributed by atoms with van der Waals surface area (Å²) in [7, 11) is 0. The third kappa shape index (κ3) is 5.15. The van der Waals surface area contributed by atoms with Crippen LogP contribution in [0.3, 0.4) is 0 Å². The second-order valence-electron chi connectivity index (χ2n) is 19.4. The Morgan fingerprint density at radius 1 is 0.157 bits per heavy atom. The smallest absolute Gasteiger partial charge is 0.000785 e. The first-order valence-electron chi connectivity index (χ1n) is 24.5. The van der Waals surface area contributed by atoms with Gasteiger partial charge in [-0.25, -0.2) is 0 Å². The van der Waals surface area contributed by atoms with Gasteiger partial charge in [0.2, 0.25) is 0 Å². The van der Waals surface area contributed by atoms with Crippen molar-refractivity contribution in [1.29, 1.82) is 0 Å². The molecule has 0 amide bonds. The molecule has 0 heteroatoms. The van der Waals surface area contributed by atoms with Crippen molar-refractivity contribution in [1.82, 2.24) is 0 Å². The monoisotopic (exact) mass is 880 g/mol. The van der Waals surface area contributed by atoms with E-state index in [1.165, 1.54) is 163 Å². The highest BCUT2D eigenvalue weighted by Gasteiger charge is 2.28. The van der Waals surface area contributed by atoms with Crippen molar-refractivity contribution in [3.8, 4) is 55.6 Å². The lowest BCUT2D eigenvalue weighted by Crippen LogP contribution is -2.00. The molecule has 0 aliphatic rings. The van der Waals surface area contributed by atoms with E-state index in [4.69, 9.17) is 0 Å². The molecule has 0 atom stereocenters. The molecule has 0 aliphatic heterocycles. The Hall–Kier alpha value is -9.10. The second-order valence-corrected chi connectivity index (χ2v) is 19.4. The fraction of sp³-hybridized carbons (Fsp3) is 0. The molecule has 320 valence electrons. The first-order valence-corrected chi connectivity index (χ1v) is 24.5. The van der Waals surface area contributed by atoms with Crippen molar-refractivity contribution >= 4 is 108 Å². The molecule has 0 nitrogen and oxygen atoms in total. The first kappa shape index (κ1) is 37.9. The lowest BCUT2D eigenvalue weighted by Gasteiger charge is -2.27. The van der Waals surface area contributed by atoms with Crippen LogP contribution in [0.15, 0.2) is 243 Å². The van der Waals surface area contributed by atoms with Crippen molar-refractivity contribution in [2.45, 2.75) is 0 Å². The van der Waals surface area contributed by atoms with Gasteiger partial charge in [0.1, 0.15) is 0 Å². The Balaban J connectivity index is 1.14. The van der Waals surface area contributed by atoms with E-state index < -0.39 is 0 Å². The molecule has 16 aromatic carbocycles. The summed E-state index contributed by atoms with van der Waals surface area (Å²) in [6.45, 7) is 0. The summed E-state index contributed by atoms with van der Waals surface area (Å²) < 4.78 is 0. The Labute approximate surface area is 403 Å². The van der Waals surface area contributed by atoms with Gasteiger partial charge in [-0.2, -0.15) is 0 Å². The molecule has 16 aromatic rings. The molecule has 0 saturated heterocycles. The molecule has 0 spiro atoms. The van der Waals surface area contributed by atoms with Crippen LogP contribution in [0.5, 0.6) is 0 Å². The predicted octanol–water partition coefficient (Wildman–Crippen LogP) is 19.9. The van der Waals surface area contributed by atoms with E-state index in [-0.39, 0.29) is 0 Å². The third-order valence-corrected chi connectivity index (χ3v) is 15.9. The molecule has 0 N–H and O–H groups in total. The van der Waals surface area contributed by atoms with Crippen LogP contribution < -0.4 is 0 Å². The Morgan fingerprint density at radius 2 is 0.529 bits per heavy atom. The first-order chi connectivity index (χ1) is 34.7. The van der Waals surface area contributed by atoms with E-state index in [1.54, 1.807) is 0 Å². The summed E-state index contributed by atoms with van der Waals surface area (Å²) in [5, 5.41) is 25.8. The maximum absolute atomic E-state index is 2.55. The van der Waals surface area contributed by atoms with Gasteiger partial charge in [0.05, 0.1) is 0 Å². The molecule has 0 bridgehead atoms. The summed E-state index contributed by atoms with van der Waals surface area (Å²) in [6, 6.07) is 92.0. The van der Waals surface area contributed by atoms with E-state index in [2.05, 4.69) is 243 Å². The van der Waals surface area contributed by atoms with Crippen molar-refractivity contribution < 1.29 is 0 Å². The zero-order chi connectivity index (χ0) is 45.6. The van der Waals surface area contributed by atoms with Crippen LogP contribution in [-0.2, 0) is 0 Å². The zero-order valence-corrected chi connectivity index (χ0v) is 38.1. The maximum Gasteiger partial charge on any atom is -0.000785 e. The molecule has 0 saturated carbocycles. The predicted molar refractivity (Wildman–Crippen MR) is 302 cm³/mol. The highest BCUT2D eigenvalue weighted by atomic mass is 14.3. The minimum atomic E-state index is 1.19. The number of hydrogen-bond acceptors (Lipinski definition) is 0. The Bertz CT molecular complexity index is 4710. The van der Waals surface area contributed by atoms with Crippen LogP contribution in [-0.4, -0.2) is 0 Å². The Morgan fingerprint density at radius 3 is 1.10 bits per heavy atom.